The van der Waals surface area contributed by atoms with Gasteiger partial charge in [-0.15, -0.1) is 34.9 Å². The third-order valence-corrected chi connectivity index (χ3v) is 8.46. The van der Waals surface area contributed by atoms with Crippen LogP contribution in [-0.2, 0) is 9.59 Å². The van der Waals surface area contributed by atoms with Gasteiger partial charge in [0.2, 0.25) is 0 Å². The molecule has 0 radical (unpaired) electrons. The zero-order chi connectivity index (χ0) is 22.2. The average molecular weight is 539 g/mol. The Bertz CT molecular complexity index is 1080. The monoisotopic (exact) mass is 537 g/mol. The molecule has 0 saturated heterocycles. The predicted molar refractivity (Wildman–Crippen MR) is 135 cm³/mol. The topological polar surface area (TPSA) is 87.5 Å². The summed E-state index contributed by atoms with van der Waals surface area (Å²) in [6, 6.07) is 14.0. The van der Waals surface area contributed by atoms with E-state index in [4.69, 9.17) is 10.2 Å². The molecule has 0 bridgehead atoms. The second-order valence-corrected chi connectivity index (χ2v) is 11.2. The van der Waals surface area contributed by atoms with E-state index in [1.807, 2.05) is 42.5 Å². The minimum atomic E-state index is -0.832. The van der Waals surface area contributed by atoms with Gasteiger partial charge in [-0.2, -0.15) is 0 Å². The van der Waals surface area contributed by atoms with Crippen LogP contribution in [0.1, 0.15) is 33.6 Å². The maximum atomic E-state index is 10.9. The molecule has 0 unspecified atom stereocenters. The zero-order valence-electron chi connectivity index (χ0n) is 16.4. The first-order chi connectivity index (χ1) is 14.9. The van der Waals surface area contributed by atoms with Crippen molar-refractivity contribution >= 4 is 85.1 Å². The minimum absolute atomic E-state index is 0.0214. The molecule has 9 heteroatoms. The van der Waals surface area contributed by atoms with Crippen molar-refractivity contribution in [2.24, 2.45) is 0 Å². The molecule has 3 rings (SSSR count). The number of carbonyl (C=O) groups is 2. The smallest absolute Gasteiger partial charge is 0.304 e. The van der Waals surface area contributed by atoms with Gasteiger partial charge in [-0.3, -0.25) is 9.59 Å². The summed E-state index contributed by atoms with van der Waals surface area (Å²) in [6.45, 7) is 0. The highest BCUT2D eigenvalue weighted by Crippen LogP contribution is 2.40. The van der Waals surface area contributed by atoms with Crippen molar-refractivity contribution in [3.8, 4) is 0 Å². The first kappa shape index (κ1) is 23.8. The number of thiazole rings is 1. The quantitative estimate of drug-likeness (QED) is 0.265. The van der Waals surface area contributed by atoms with Crippen molar-refractivity contribution in [3.63, 3.8) is 0 Å². The maximum absolute atomic E-state index is 10.9. The predicted octanol–water partition coefficient (Wildman–Crippen LogP) is 6.64. The van der Waals surface area contributed by atoms with E-state index in [2.05, 4.69) is 33.0 Å². The summed E-state index contributed by atoms with van der Waals surface area (Å²) in [7, 11) is 0. The van der Waals surface area contributed by atoms with E-state index in [0.717, 1.165) is 30.8 Å². The SMILES string of the molecule is O=C(O)CCSC(SCCC(=O)O)c1cccc(/C=C/c2nc3ccc(Br)cc3s2)c1. The van der Waals surface area contributed by atoms with Gasteiger partial charge in [0.25, 0.3) is 0 Å². The lowest BCUT2D eigenvalue weighted by Gasteiger charge is -2.16. The van der Waals surface area contributed by atoms with E-state index in [1.54, 1.807) is 11.3 Å². The summed E-state index contributed by atoms with van der Waals surface area (Å²) < 4.78 is 2.12. The molecule has 1 heterocycles. The van der Waals surface area contributed by atoms with Gasteiger partial charge < -0.3 is 10.2 Å². The van der Waals surface area contributed by atoms with Gasteiger partial charge >= 0.3 is 11.9 Å². The normalized spacial score (nSPS) is 11.5. The summed E-state index contributed by atoms with van der Waals surface area (Å²) in [5, 5.41) is 18.8. The van der Waals surface area contributed by atoms with Crippen LogP contribution in [0.15, 0.2) is 46.9 Å². The van der Waals surface area contributed by atoms with Gasteiger partial charge in [0.15, 0.2) is 0 Å². The van der Waals surface area contributed by atoms with Crippen molar-refractivity contribution in [1.29, 1.82) is 0 Å². The lowest BCUT2D eigenvalue weighted by molar-refractivity contribution is -0.137. The fourth-order valence-electron chi connectivity index (χ4n) is 2.71. The Kier molecular flexibility index (Phi) is 9.01. The fraction of sp³-hybridized carbons (Fsp3) is 0.227. The first-order valence-corrected chi connectivity index (χ1v) is 13.1. The highest BCUT2D eigenvalue weighted by Gasteiger charge is 2.14. The van der Waals surface area contributed by atoms with E-state index in [1.165, 1.54) is 23.5 Å². The lowest BCUT2D eigenvalue weighted by Crippen LogP contribution is -2.01. The number of aromatic nitrogens is 1. The van der Waals surface area contributed by atoms with E-state index < -0.39 is 11.9 Å². The van der Waals surface area contributed by atoms with Crippen LogP contribution >= 0.6 is 50.8 Å². The van der Waals surface area contributed by atoms with Gasteiger partial charge in [-0.25, -0.2) is 4.98 Å². The van der Waals surface area contributed by atoms with Crippen LogP contribution in [-0.4, -0.2) is 38.6 Å². The van der Waals surface area contributed by atoms with Gasteiger partial charge in [0.1, 0.15) is 5.01 Å². The number of benzene rings is 2. The first-order valence-electron chi connectivity index (χ1n) is 9.41. The van der Waals surface area contributed by atoms with Crippen LogP contribution in [0, 0.1) is 0 Å². The summed E-state index contributed by atoms with van der Waals surface area (Å²) >= 11 is 8.17. The molecule has 0 aliphatic rings. The Labute approximate surface area is 201 Å². The molecule has 162 valence electrons. The molecule has 31 heavy (non-hydrogen) atoms. The molecule has 5 nitrogen and oxygen atoms in total. The number of carboxylic acid groups (broad SMARTS) is 2. The van der Waals surface area contributed by atoms with Gasteiger partial charge in [-0.05, 0) is 41.5 Å². The van der Waals surface area contributed by atoms with Crippen LogP contribution in [0.2, 0.25) is 0 Å². The van der Waals surface area contributed by atoms with Crippen LogP contribution in [0.3, 0.4) is 0 Å². The van der Waals surface area contributed by atoms with Crippen LogP contribution in [0.25, 0.3) is 22.4 Å². The number of fused-ring (bicyclic) bond motifs is 1. The van der Waals surface area contributed by atoms with Crippen molar-refractivity contribution in [3.05, 3.63) is 63.1 Å². The number of hydrogen-bond acceptors (Lipinski definition) is 6. The molecular formula is C22H20BrNO4S3. The number of rotatable bonds is 11. The number of carboxylic acids is 2. The third-order valence-electron chi connectivity index (χ3n) is 4.14. The summed E-state index contributed by atoms with van der Waals surface area (Å²) in [5.41, 5.74) is 3.02. The van der Waals surface area contributed by atoms with Crippen molar-refractivity contribution in [2.75, 3.05) is 11.5 Å². The van der Waals surface area contributed by atoms with Crippen LogP contribution in [0.5, 0.6) is 0 Å². The number of nitrogens with zero attached hydrogens (tertiary/aromatic N) is 1. The van der Waals surface area contributed by atoms with Gasteiger partial charge in [0.05, 0.1) is 27.6 Å². The summed E-state index contributed by atoms with van der Waals surface area (Å²) in [6.07, 6.45) is 4.15. The number of hydrogen-bond donors (Lipinski definition) is 2. The average Bonchev–Trinajstić information content (AvgIpc) is 3.13. The molecule has 0 spiro atoms. The van der Waals surface area contributed by atoms with Gasteiger partial charge in [0, 0.05) is 16.0 Å². The van der Waals surface area contributed by atoms with Crippen LogP contribution < -0.4 is 0 Å². The molecule has 0 saturated carbocycles. The molecule has 2 aromatic carbocycles. The molecule has 1 aromatic heterocycles. The molecule has 0 fully saturated rings. The number of aliphatic carboxylic acids is 2. The van der Waals surface area contributed by atoms with E-state index in [-0.39, 0.29) is 17.4 Å². The summed E-state index contributed by atoms with van der Waals surface area (Å²) in [4.78, 5) is 26.4. The van der Waals surface area contributed by atoms with Crippen molar-refractivity contribution in [2.45, 2.75) is 17.4 Å². The number of halogens is 1. The van der Waals surface area contributed by atoms with Crippen molar-refractivity contribution in [1.82, 2.24) is 4.98 Å². The molecule has 3 aromatic rings. The fourth-order valence-corrected chi connectivity index (χ4v) is 6.79. The highest BCUT2D eigenvalue weighted by atomic mass is 79.9. The van der Waals surface area contributed by atoms with E-state index >= 15 is 0 Å². The van der Waals surface area contributed by atoms with Crippen molar-refractivity contribution < 1.29 is 19.8 Å². The molecule has 2 N–H and O–H groups in total. The Balaban J connectivity index is 1.74. The number of thioether (sulfide) groups is 2. The maximum Gasteiger partial charge on any atom is 0.304 e. The Hall–Kier alpha value is -1.81. The van der Waals surface area contributed by atoms with Crippen LogP contribution in [0.4, 0.5) is 0 Å². The molecule has 0 atom stereocenters. The van der Waals surface area contributed by atoms with E-state index in [0.29, 0.717) is 11.5 Å². The largest absolute Gasteiger partial charge is 0.481 e. The van der Waals surface area contributed by atoms with E-state index in [9.17, 15) is 9.59 Å². The standard InChI is InChI=1S/C22H20BrNO4S3/c23-16-5-6-17-18(13-16)31-19(24-17)7-4-14-2-1-3-15(12-14)22(29-10-8-20(25)26)30-11-9-21(27)28/h1-7,12-13,22H,8-11H2,(H,25,26)(H,27,28)/b7-4+. The Morgan fingerprint density at radius 2 is 1.74 bits per heavy atom. The lowest BCUT2D eigenvalue weighted by atomic mass is 10.1. The van der Waals surface area contributed by atoms with Gasteiger partial charge in [-0.1, -0.05) is 40.2 Å². The second kappa shape index (κ2) is 11.7. The third kappa shape index (κ3) is 7.68. The molecule has 0 aliphatic heterocycles. The minimum Gasteiger partial charge on any atom is -0.481 e. The zero-order valence-corrected chi connectivity index (χ0v) is 20.4. The second-order valence-electron chi connectivity index (χ2n) is 6.53. The molecule has 0 amide bonds. The molecular weight excluding hydrogens is 518 g/mol. The Morgan fingerprint density at radius 1 is 1.03 bits per heavy atom. The molecule has 0 aliphatic carbocycles. The highest BCUT2D eigenvalue weighted by molar-refractivity contribution is 9.10. The Morgan fingerprint density at radius 3 is 2.42 bits per heavy atom. The summed E-state index contributed by atoms with van der Waals surface area (Å²) in [5.74, 6) is -0.717.